The summed E-state index contributed by atoms with van der Waals surface area (Å²) in [5.74, 6) is -0.533. The number of aromatic amines is 2. The van der Waals surface area contributed by atoms with E-state index in [-0.39, 0.29) is 34.4 Å². The van der Waals surface area contributed by atoms with Crippen LogP contribution in [0.1, 0.15) is 16.8 Å². The van der Waals surface area contributed by atoms with Gasteiger partial charge in [-0.3, -0.25) is 10.1 Å². The first kappa shape index (κ1) is 23.0. The number of benzene rings is 3. The van der Waals surface area contributed by atoms with Crippen molar-refractivity contribution in [3.8, 4) is 11.1 Å². The second-order valence-corrected chi connectivity index (χ2v) is 8.00. The summed E-state index contributed by atoms with van der Waals surface area (Å²) < 4.78 is 54.5. The van der Waals surface area contributed by atoms with Gasteiger partial charge in [-0.25, -0.2) is 19.3 Å². The summed E-state index contributed by atoms with van der Waals surface area (Å²) in [4.78, 5) is 29.8. The van der Waals surface area contributed by atoms with Crippen LogP contribution < -0.4 is 10.9 Å². The van der Waals surface area contributed by atoms with Crippen LogP contribution in [-0.2, 0) is 12.6 Å². The number of halogens is 4. The highest BCUT2D eigenvalue weighted by atomic mass is 19.4. The average Bonchev–Trinajstić information content (AvgIpc) is 3.22. The molecule has 5 aromatic rings. The van der Waals surface area contributed by atoms with Crippen LogP contribution in [0.25, 0.3) is 32.9 Å². The van der Waals surface area contributed by atoms with Gasteiger partial charge in [0.25, 0.3) is 5.56 Å². The van der Waals surface area contributed by atoms with Gasteiger partial charge in [0.2, 0.25) is 5.95 Å². The molecule has 0 atom stereocenters. The summed E-state index contributed by atoms with van der Waals surface area (Å²) >= 11 is 0. The second-order valence-electron chi connectivity index (χ2n) is 8.00. The monoisotopic (exact) mass is 497 g/mol. The van der Waals surface area contributed by atoms with E-state index in [0.717, 1.165) is 18.2 Å². The van der Waals surface area contributed by atoms with Crippen LogP contribution in [0.15, 0.2) is 59.4 Å². The van der Waals surface area contributed by atoms with Gasteiger partial charge in [0.15, 0.2) is 0 Å². The second kappa shape index (κ2) is 8.48. The van der Waals surface area contributed by atoms with E-state index >= 15 is 0 Å². The Morgan fingerprint density at radius 3 is 2.58 bits per heavy atom. The molecular weight excluding hydrogens is 482 g/mol. The lowest BCUT2D eigenvalue weighted by atomic mass is 9.98. The molecule has 0 aliphatic rings. The quantitative estimate of drug-likeness (QED) is 0.251. The molecule has 12 heteroatoms. The average molecular weight is 497 g/mol. The number of nitrogens with zero attached hydrogens (tertiary/aromatic N) is 2. The van der Waals surface area contributed by atoms with E-state index in [0.29, 0.717) is 22.2 Å². The summed E-state index contributed by atoms with van der Waals surface area (Å²) in [6, 6.07) is 11.9. The van der Waals surface area contributed by atoms with Crippen LogP contribution in [0.5, 0.6) is 0 Å². The Hall–Kier alpha value is -4.74. The van der Waals surface area contributed by atoms with E-state index in [2.05, 4.69) is 25.5 Å². The first-order chi connectivity index (χ1) is 17.1. The minimum absolute atomic E-state index is 0.0121. The molecule has 0 aliphatic carbocycles. The number of nitrogens with one attached hydrogen (secondary N) is 3. The minimum atomic E-state index is -4.60. The van der Waals surface area contributed by atoms with Crippen molar-refractivity contribution in [2.24, 2.45) is 0 Å². The summed E-state index contributed by atoms with van der Waals surface area (Å²) in [6.07, 6.45) is -5.86. The molecule has 36 heavy (non-hydrogen) atoms. The van der Waals surface area contributed by atoms with Gasteiger partial charge in [-0.15, -0.1) is 0 Å². The maximum atomic E-state index is 14.8. The number of aromatic nitrogens is 4. The molecule has 0 fully saturated rings. The summed E-state index contributed by atoms with van der Waals surface area (Å²) in [5.41, 5.74) is 0.792. The molecule has 2 aromatic heterocycles. The molecule has 0 aliphatic heterocycles. The van der Waals surface area contributed by atoms with Gasteiger partial charge in [0.1, 0.15) is 5.82 Å². The van der Waals surface area contributed by atoms with E-state index in [9.17, 15) is 27.2 Å². The van der Waals surface area contributed by atoms with Crippen LogP contribution in [-0.4, -0.2) is 31.4 Å². The van der Waals surface area contributed by atoms with E-state index in [4.69, 9.17) is 5.11 Å². The molecule has 4 N–H and O–H groups in total. The van der Waals surface area contributed by atoms with Gasteiger partial charge in [0, 0.05) is 17.4 Å². The maximum absolute atomic E-state index is 14.8. The van der Waals surface area contributed by atoms with Gasteiger partial charge in [-0.1, -0.05) is 12.1 Å². The minimum Gasteiger partial charge on any atom is -0.465 e. The smallest absolute Gasteiger partial charge is 0.416 e. The molecule has 0 saturated heterocycles. The molecule has 0 bridgehead atoms. The zero-order valence-electron chi connectivity index (χ0n) is 18.1. The number of anilines is 1. The molecule has 0 spiro atoms. The predicted octanol–water partition coefficient (Wildman–Crippen LogP) is 5.31. The number of imidazole rings is 1. The lowest BCUT2D eigenvalue weighted by molar-refractivity contribution is -0.137. The van der Waals surface area contributed by atoms with Crippen LogP contribution in [0.4, 0.5) is 28.3 Å². The summed E-state index contributed by atoms with van der Waals surface area (Å²) in [5, 5.41) is 17.3. The number of carboxylic acid groups (broad SMARTS) is 1. The Balaban J connectivity index is 1.54. The van der Waals surface area contributed by atoms with Crippen LogP contribution in [0.2, 0.25) is 0 Å². The third-order valence-corrected chi connectivity index (χ3v) is 5.62. The van der Waals surface area contributed by atoms with Crippen LogP contribution >= 0.6 is 0 Å². The maximum Gasteiger partial charge on any atom is 0.416 e. The SMILES string of the molecule is O=C(O)Nc1nc2cc(-c3cc(Cc4n[nH]c(=O)c5ccc(C(F)(F)F)cc45)ccc3F)ccc2[nH]1. The third-order valence-electron chi connectivity index (χ3n) is 5.62. The van der Waals surface area contributed by atoms with E-state index < -0.39 is 29.2 Å². The fraction of sp³-hybridized carbons (Fsp3) is 0.0833. The zero-order valence-corrected chi connectivity index (χ0v) is 18.1. The van der Waals surface area contributed by atoms with Gasteiger partial charge in [-0.2, -0.15) is 18.3 Å². The lowest BCUT2D eigenvalue weighted by Gasteiger charge is -2.11. The lowest BCUT2D eigenvalue weighted by Crippen LogP contribution is -2.13. The number of alkyl halides is 3. The molecule has 1 amide bonds. The summed E-state index contributed by atoms with van der Waals surface area (Å²) in [7, 11) is 0. The number of H-pyrrole nitrogens is 2. The van der Waals surface area contributed by atoms with Gasteiger partial charge in [0.05, 0.1) is 27.7 Å². The molecule has 2 heterocycles. The summed E-state index contributed by atoms with van der Waals surface area (Å²) in [6.45, 7) is 0. The Labute approximate surface area is 198 Å². The van der Waals surface area contributed by atoms with Gasteiger partial charge in [-0.05, 0) is 53.6 Å². The number of carbonyl (C=O) groups is 1. The standard InChI is InChI=1S/C24H15F4N5O3/c25-17-5-1-11(7-15(17)12-2-6-18-20(9-12)30-22(29-18)31-23(35)36)8-19-16-10-13(24(26,27)28)3-4-14(16)21(34)33-32-19/h1-7,9-10H,8H2,(H,33,34)(H,35,36)(H2,29,30,31). The molecular formula is C24H15F4N5O3. The highest BCUT2D eigenvalue weighted by Gasteiger charge is 2.31. The van der Waals surface area contributed by atoms with Crippen molar-refractivity contribution in [1.29, 1.82) is 0 Å². The van der Waals surface area contributed by atoms with Crippen LogP contribution in [0, 0.1) is 5.82 Å². The molecule has 0 unspecified atom stereocenters. The van der Waals surface area contributed by atoms with Crippen LogP contribution in [0.3, 0.4) is 0 Å². The number of rotatable bonds is 4. The number of amides is 1. The van der Waals surface area contributed by atoms with E-state index in [1.807, 2.05) is 0 Å². The topological polar surface area (TPSA) is 124 Å². The van der Waals surface area contributed by atoms with Crippen molar-refractivity contribution in [3.05, 3.63) is 87.6 Å². The normalized spacial score (nSPS) is 11.8. The van der Waals surface area contributed by atoms with Crippen molar-refractivity contribution in [1.82, 2.24) is 20.2 Å². The van der Waals surface area contributed by atoms with Crippen molar-refractivity contribution >= 4 is 33.8 Å². The fourth-order valence-corrected chi connectivity index (χ4v) is 3.96. The fourth-order valence-electron chi connectivity index (χ4n) is 3.96. The molecule has 0 saturated carbocycles. The molecule has 5 rings (SSSR count). The van der Waals surface area contributed by atoms with Crippen molar-refractivity contribution in [3.63, 3.8) is 0 Å². The largest absolute Gasteiger partial charge is 0.465 e. The van der Waals surface area contributed by atoms with Gasteiger partial charge >= 0.3 is 12.3 Å². The Bertz CT molecular complexity index is 1710. The molecule has 0 radical (unpaired) electrons. The van der Waals surface area contributed by atoms with Crippen molar-refractivity contribution < 1.29 is 27.5 Å². The number of hydrogen-bond acceptors (Lipinski definition) is 4. The van der Waals surface area contributed by atoms with Crippen molar-refractivity contribution in [2.75, 3.05) is 5.32 Å². The highest BCUT2D eigenvalue weighted by Crippen LogP contribution is 2.32. The van der Waals surface area contributed by atoms with Crippen molar-refractivity contribution in [2.45, 2.75) is 12.6 Å². The Kier molecular flexibility index (Phi) is 5.43. The molecule has 182 valence electrons. The Morgan fingerprint density at radius 1 is 1.03 bits per heavy atom. The molecule has 8 nitrogen and oxygen atoms in total. The number of fused-ring (bicyclic) bond motifs is 2. The zero-order chi connectivity index (χ0) is 25.6. The first-order valence-electron chi connectivity index (χ1n) is 10.5. The van der Waals surface area contributed by atoms with Gasteiger partial charge < -0.3 is 10.1 Å². The predicted molar refractivity (Wildman–Crippen MR) is 123 cm³/mol. The highest BCUT2D eigenvalue weighted by molar-refractivity contribution is 5.88. The first-order valence-corrected chi connectivity index (χ1v) is 10.5. The number of hydrogen-bond donors (Lipinski definition) is 4. The molecule has 3 aromatic carbocycles. The van der Waals surface area contributed by atoms with E-state index in [1.54, 1.807) is 18.2 Å². The third kappa shape index (κ3) is 4.35. The van der Waals surface area contributed by atoms with E-state index in [1.165, 1.54) is 18.2 Å². The Morgan fingerprint density at radius 2 is 1.83 bits per heavy atom.